The van der Waals surface area contributed by atoms with E-state index in [0.717, 1.165) is 12.8 Å². The van der Waals surface area contributed by atoms with Gasteiger partial charge in [-0.2, -0.15) is 8.78 Å². The van der Waals surface area contributed by atoms with E-state index in [1.807, 2.05) is 0 Å². The molecular weight excluding hydrogens is 228 g/mol. The number of hydrogen-bond donors (Lipinski definition) is 2. The number of hydrogen-bond acceptors (Lipinski definition) is 3. The van der Waals surface area contributed by atoms with Crippen LogP contribution in [0.3, 0.4) is 0 Å². The second-order valence-electron chi connectivity index (χ2n) is 3.73. The summed E-state index contributed by atoms with van der Waals surface area (Å²) in [4.78, 5) is 4.30. The van der Waals surface area contributed by atoms with Crippen LogP contribution in [0.5, 0.6) is 5.75 Å². The average molecular weight is 241 g/mol. The van der Waals surface area contributed by atoms with Gasteiger partial charge in [-0.15, -0.1) is 0 Å². The Morgan fingerprint density at radius 2 is 2.12 bits per heavy atom. The van der Waals surface area contributed by atoms with Crippen LogP contribution in [0.15, 0.2) is 29.3 Å². The number of para-hydroxylation sites is 1. The SMILES string of the molecule is NNC(=NC1CC1)c1ccccc1OC(F)F. The lowest BCUT2D eigenvalue weighted by Gasteiger charge is -2.12. The third kappa shape index (κ3) is 3.13. The molecule has 0 unspecified atom stereocenters. The minimum Gasteiger partial charge on any atom is -0.434 e. The Hall–Kier alpha value is -1.69. The molecule has 0 atom stereocenters. The minimum atomic E-state index is -2.86. The fraction of sp³-hybridized carbons (Fsp3) is 0.364. The van der Waals surface area contributed by atoms with Crippen molar-refractivity contribution >= 4 is 5.84 Å². The van der Waals surface area contributed by atoms with Crippen molar-refractivity contribution in [2.45, 2.75) is 25.5 Å². The van der Waals surface area contributed by atoms with E-state index in [2.05, 4.69) is 15.2 Å². The molecule has 2 rings (SSSR count). The molecule has 1 saturated carbocycles. The maximum absolute atomic E-state index is 12.2. The summed E-state index contributed by atoms with van der Waals surface area (Å²) in [5, 5.41) is 0. The van der Waals surface area contributed by atoms with Gasteiger partial charge in [0.05, 0.1) is 11.6 Å². The zero-order valence-corrected chi connectivity index (χ0v) is 9.07. The number of halogens is 2. The van der Waals surface area contributed by atoms with Gasteiger partial charge in [-0.05, 0) is 25.0 Å². The fourth-order valence-corrected chi connectivity index (χ4v) is 1.43. The summed E-state index contributed by atoms with van der Waals surface area (Å²) >= 11 is 0. The first-order valence-corrected chi connectivity index (χ1v) is 5.29. The molecule has 6 heteroatoms. The summed E-state index contributed by atoms with van der Waals surface area (Å²) in [6.45, 7) is -2.86. The molecule has 17 heavy (non-hydrogen) atoms. The van der Waals surface area contributed by atoms with Crippen molar-refractivity contribution in [2.75, 3.05) is 0 Å². The van der Waals surface area contributed by atoms with Crippen LogP contribution in [0.1, 0.15) is 18.4 Å². The molecule has 0 aliphatic heterocycles. The molecule has 0 saturated heterocycles. The Balaban J connectivity index is 2.28. The van der Waals surface area contributed by atoms with Crippen molar-refractivity contribution < 1.29 is 13.5 Å². The van der Waals surface area contributed by atoms with Crippen LogP contribution in [0.25, 0.3) is 0 Å². The van der Waals surface area contributed by atoms with Gasteiger partial charge >= 0.3 is 6.61 Å². The van der Waals surface area contributed by atoms with Gasteiger partial charge in [0.2, 0.25) is 0 Å². The molecule has 0 radical (unpaired) electrons. The second kappa shape index (κ2) is 5.09. The molecular formula is C11H13F2N3O. The largest absolute Gasteiger partial charge is 0.434 e. The lowest BCUT2D eigenvalue weighted by molar-refractivity contribution is -0.0499. The Morgan fingerprint density at radius 1 is 1.41 bits per heavy atom. The number of benzene rings is 1. The van der Waals surface area contributed by atoms with Crippen LogP contribution < -0.4 is 16.0 Å². The predicted molar refractivity (Wildman–Crippen MR) is 60.0 cm³/mol. The first-order chi connectivity index (χ1) is 8.20. The number of hydrazine groups is 1. The van der Waals surface area contributed by atoms with E-state index in [1.165, 1.54) is 6.07 Å². The minimum absolute atomic E-state index is 0.0693. The normalized spacial score (nSPS) is 16.1. The van der Waals surface area contributed by atoms with E-state index in [4.69, 9.17) is 5.84 Å². The van der Waals surface area contributed by atoms with Gasteiger partial charge in [0.25, 0.3) is 0 Å². The van der Waals surface area contributed by atoms with Gasteiger partial charge < -0.3 is 10.2 Å². The number of nitrogens with one attached hydrogen (secondary N) is 1. The molecule has 4 nitrogen and oxygen atoms in total. The van der Waals surface area contributed by atoms with Crippen molar-refractivity contribution in [3.63, 3.8) is 0 Å². The van der Waals surface area contributed by atoms with E-state index in [1.54, 1.807) is 18.2 Å². The first kappa shape index (κ1) is 11.8. The van der Waals surface area contributed by atoms with Gasteiger partial charge in [-0.25, -0.2) is 5.84 Å². The maximum atomic E-state index is 12.2. The van der Waals surface area contributed by atoms with Crippen molar-refractivity contribution in [3.8, 4) is 5.75 Å². The second-order valence-corrected chi connectivity index (χ2v) is 3.73. The predicted octanol–water partition coefficient (Wildman–Crippen LogP) is 1.66. The van der Waals surface area contributed by atoms with E-state index in [9.17, 15) is 8.78 Å². The van der Waals surface area contributed by atoms with Gasteiger partial charge in [0.1, 0.15) is 11.6 Å². The maximum Gasteiger partial charge on any atom is 0.387 e. The zero-order valence-electron chi connectivity index (χ0n) is 9.07. The lowest BCUT2D eigenvalue weighted by Crippen LogP contribution is -2.32. The van der Waals surface area contributed by atoms with Crippen molar-refractivity contribution in [2.24, 2.45) is 10.8 Å². The van der Waals surface area contributed by atoms with Crippen LogP contribution in [0.4, 0.5) is 8.78 Å². The highest BCUT2D eigenvalue weighted by Crippen LogP contribution is 2.26. The van der Waals surface area contributed by atoms with E-state index >= 15 is 0 Å². The number of nitrogens with two attached hydrogens (primary N) is 1. The molecule has 0 bridgehead atoms. The topological polar surface area (TPSA) is 59.6 Å². The average Bonchev–Trinajstić information content (AvgIpc) is 3.10. The number of aliphatic imine (C=N–C) groups is 1. The Bertz CT molecular complexity index is 419. The van der Waals surface area contributed by atoms with Crippen LogP contribution >= 0.6 is 0 Å². The van der Waals surface area contributed by atoms with Gasteiger partial charge in [-0.1, -0.05) is 12.1 Å². The summed E-state index contributed by atoms with van der Waals surface area (Å²) < 4.78 is 28.9. The van der Waals surface area contributed by atoms with Crippen molar-refractivity contribution in [1.29, 1.82) is 0 Å². The lowest BCUT2D eigenvalue weighted by atomic mass is 10.2. The molecule has 3 N–H and O–H groups in total. The van der Waals surface area contributed by atoms with E-state index in [-0.39, 0.29) is 11.8 Å². The fourth-order valence-electron chi connectivity index (χ4n) is 1.43. The number of rotatable bonds is 4. The van der Waals surface area contributed by atoms with E-state index in [0.29, 0.717) is 11.4 Å². The monoisotopic (exact) mass is 241 g/mol. The van der Waals surface area contributed by atoms with Crippen molar-refractivity contribution in [3.05, 3.63) is 29.8 Å². The molecule has 1 aliphatic carbocycles. The highest BCUT2D eigenvalue weighted by molar-refractivity contribution is 6.01. The molecule has 0 heterocycles. The number of nitrogens with zero attached hydrogens (tertiary/aromatic N) is 1. The van der Waals surface area contributed by atoms with Gasteiger partial charge in [-0.3, -0.25) is 4.99 Å². The zero-order chi connectivity index (χ0) is 12.3. The van der Waals surface area contributed by atoms with Crippen molar-refractivity contribution in [1.82, 2.24) is 5.43 Å². The molecule has 1 aromatic rings. The number of amidine groups is 1. The third-order valence-corrected chi connectivity index (χ3v) is 2.35. The highest BCUT2D eigenvalue weighted by atomic mass is 19.3. The quantitative estimate of drug-likeness (QED) is 0.365. The first-order valence-electron chi connectivity index (χ1n) is 5.29. The van der Waals surface area contributed by atoms with Crippen LogP contribution in [-0.4, -0.2) is 18.5 Å². The summed E-state index contributed by atoms with van der Waals surface area (Å²) in [5.41, 5.74) is 2.87. The summed E-state index contributed by atoms with van der Waals surface area (Å²) in [6, 6.07) is 6.67. The molecule has 92 valence electrons. The molecule has 0 aromatic heterocycles. The Kier molecular flexibility index (Phi) is 3.53. The molecule has 0 amide bonds. The van der Waals surface area contributed by atoms with Crippen LogP contribution in [0, 0.1) is 0 Å². The third-order valence-electron chi connectivity index (χ3n) is 2.35. The van der Waals surface area contributed by atoms with Gasteiger partial charge in [0.15, 0.2) is 0 Å². The summed E-state index contributed by atoms with van der Waals surface area (Å²) in [7, 11) is 0. The summed E-state index contributed by atoms with van der Waals surface area (Å²) in [5.74, 6) is 5.80. The smallest absolute Gasteiger partial charge is 0.387 e. The molecule has 0 spiro atoms. The summed E-state index contributed by atoms with van der Waals surface area (Å²) in [6.07, 6.45) is 2.01. The Morgan fingerprint density at radius 3 is 2.71 bits per heavy atom. The molecule has 1 aliphatic rings. The highest BCUT2D eigenvalue weighted by Gasteiger charge is 2.22. The molecule has 1 aromatic carbocycles. The van der Waals surface area contributed by atoms with E-state index < -0.39 is 6.61 Å². The standard InChI is InChI=1S/C11H13F2N3O/c12-11(13)17-9-4-2-1-3-8(9)10(16-14)15-7-5-6-7/h1-4,7,11H,5-6,14H2,(H,15,16). The van der Waals surface area contributed by atoms with Crippen LogP contribution in [0.2, 0.25) is 0 Å². The number of alkyl halides is 2. The number of ether oxygens (including phenoxy) is 1. The van der Waals surface area contributed by atoms with Crippen LogP contribution in [-0.2, 0) is 0 Å². The van der Waals surface area contributed by atoms with Gasteiger partial charge in [0, 0.05) is 0 Å². The Labute approximate surface area is 97.5 Å². The molecule has 1 fully saturated rings.